The second-order valence-electron chi connectivity index (χ2n) is 5.65. The van der Waals surface area contributed by atoms with Crippen LogP contribution in [-0.4, -0.2) is 31.8 Å². The maximum absolute atomic E-state index is 10.1. The third-order valence-corrected chi connectivity index (χ3v) is 3.43. The summed E-state index contributed by atoms with van der Waals surface area (Å²) in [6.45, 7) is 1.24. The third kappa shape index (κ3) is 15.6. The summed E-state index contributed by atoms with van der Waals surface area (Å²) in [5.41, 5.74) is 0. The fourth-order valence-electron chi connectivity index (χ4n) is 2.25. The molecule has 2 heteroatoms. The van der Waals surface area contributed by atoms with Crippen molar-refractivity contribution in [1.29, 1.82) is 0 Å². The van der Waals surface area contributed by atoms with Gasteiger partial charge in [-0.15, -0.1) is 0 Å². The zero-order chi connectivity index (χ0) is 13.5. The van der Waals surface area contributed by atoms with Crippen LogP contribution in [0, 0.1) is 0 Å². The molecule has 0 saturated heterocycles. The van der Waals surface area contributed by atoms with Crippen molar-refractivity contribution in [1.82, 2.24) is 4.90 Å². The van der Waals surface area contributed by atoms with Gasteiger partial charge in [-0.3, -0.25) is 0 Å². The Hall–Kier alpha value is -0.370. The van der Waals surface area contributed by atoms with Gasteiger partial charge in [-0.1, -0.05) is 57.8 Å². The minimum absolute atomic E-state index is 0.757. The molecule has 0 unspecified atom stereocenters. The summed E-state index contributed by atoms with van der Waals surface area (Å²) in [4.78, 5) is 12.4. The molecule has 0 spiro atoms. The highest BCUT2D eigenvalue weighted by Gasteiger charge is 1.94. The molecule has 0 amide bonds. The molecule has 108 valence electrons. The Bertz CT molecular complexity index is 168. The molecule has 0 heterocycles. The van der Waals surface area contributed by atoms with Crippen molar-refractivity contribution in [3.8, 4) is 0 Å². The average molecular weight is 255 g/mol. The van der Waals surface area contributed by atoms with E-state index in [4.69, 9.17) is 0 Å². The summed E-state index contributed by atoms with van der Waals surface area (Å²) in [7, 11) is 4.30. The Morgan fingerprint density at radius 2 is 1.06 bits per heavy atom. The number of rotatable bonds is 14. The molecular weight excluding hydrogens is 222 g/mol. The average Bonchev–Trinajstić information content (AvgIpc) is 2.34. The van der Waals surface area contributed by atoms with Crippen molar-refractivity contribution in [2.24, 2.45) is 0 Å². The minimum Gasteiger partial charge on any atom is -0.309 e. The summed E-state index contributed by atoms with van der Waals surface area (Å²) >= 11 is 0. The van der Waals surface area contributed by atoms with Crippen LogP contribution in [0.3, 0.4) is 0 Å². The van der Waals surface area contributed by atoms with Crippen molar-refractivity contribution in [3.05, 3.63) is 0 Å². The van der Waals surface area contributed by atoms with E-state index in [1.54, 1.807) is 0 Å². The van der Waals surface area contributed by atoms with E-state index in [1.807, 2.05) is 0 Å². The zero-order valence-corrected chi connectivity index (χ0v) is 12.6. The third-order valence-electron chi connectivity index (χ3n) is 3.43. The molecule has 2 nitrogen and oxygen atoms in total. The normalized spacial score (nSPS) is 11.1. The molecule has 0 aromatic carbocycles. The predicted octanol–water partition coefficient (Wildman–Crippen LogP) is 4.43. The molecule has 0 aromatic heterocycles. The fraction of sp³-hybridized carbons (Fsp3) is 0.938. The Morgan fingerprint density at radius 3 is 1.44 bits per heavy atom. The van der Waals surface area contributed by atoms with Gasteiger partial charge in [0.15, 0.2) is 0 Å². The van der Waals surface area contributed by atoms with Gasteiger partial charge in [-0.25, -0.2) is 0 Å². The highest BCUT2D eigenvalue weighted by molar-refractivity contribution is 5.48. The molecule has 0 rings (SSSR count). The van der Waals surface area contributed by atoms with Gasteiger partial charge in [0.05, 0.1) is 0 Å². The number of hydrogen-bond acceptors (Lipinski definition) is 2. The van der Waals surface area contributed by atoms with Gasteiger partial charge in [0.25, 0.3) is 0 Å². The SMILES string of the molecule is CN(C)CCCCCCCCCCCCCC=O. The molecule has 0 aliphatic carbocycles. The van der Waals surface area contributed by atoms with E-state index in [9.17, 15) is 4.79 Å². The zero-order valence-electron chi connectivity index (χ0n) is 12.6. The first-order valence-electron chi connectivity index (χ1n) is 7.85. The van der Waals surface area contributed by atoms with Crippen LogP contribution in [-0.2, 0) is 4.79 Å². The number of carbonyl (C=O) groups is 1. The van der Waals surface area contributed by atoms with Crippen LogP contribution in [0.1, 0.15) is 77.0 Å². The topological polar surface area (TPSA) is 20.3 Å². The van der Waals surface area contributed by atoms with Crippen LogP contribution in [0.15, 0.2) is 0 Å². The smallest absolute Gasteiger partial charge is 0.119 e. The van der Waals surface area contributed by atoms with Crippen LogP contribution in [0.2, 0.25) is 0 Å². The lowest BCUT2D eigenvalue weighted by Crippen LogP contribution is -2.12. The first-order chi connectivity index (χ1) is 8.77. The van der Waals surface area contributed by atoms with Crippen molar-refractivity contribution in [2.75, 3.05) is 20.6 Å². The van der Waals surface area contributed by atoms with Crippen molar-refractivity contribution >= 4 is 6.29 Å². The van der Waals surface area contributed by atoms with Crippen LogP contribution in [0.25, 0.3) is 0 Å². The van der Waals surface area contributed by atoms with Crippen LogP contribution in [0.5, 0.6) is 0 Å². The molecule has 0 aromatic rings. The molecule has 0 saturated carbocycles. The van der Waals surface area contributed by atoms with Gasteiger partial charge in [0, 0.05) is 6.42 Å². The lowest BCUT2D eigenvalue weighted by Gasteiger charge is -2.08. The summed E-state index contributed by atoms with van der Waals surface area (Å²) in [6, 6.07) is 0. The fourth-order valence-corrected chi connectivity index (χ4v) is 2.25. The van der Waals surface area contributed by atoms with E-state index < -0.39 is 0 Å². The van der Waals surface area contributed by atoms with E-state index in [0.717, 1.165) is 19.1 Å². The largest absolute Gasteiger partial charge is 0.309 e. The summed E-state index contributed by atoms with van der Waals surface area (Å²) in [6.07, 6.45) is 16.6. The van der Waals surface area contributed by atoms with Gasteiger partial charge in [-0.05, 0) is 33.5 Å². The van der Waals surface area contributed by atoms with Crippen LogP contribution < -0.4 is 0 Å². The predicted molar refractivity (Wildman–Crippen MR) is 80.0 cm³/mol. The monoisotopic (exact) mass is 255 g/mol. The van der Waals surface area contributed by atoms with Crippen molar-refractivity contribution in [3.63, 3.8) is 0 Å². The van der Waals surface area contributed by atoms with Gasteiger partial charge < -0.3 is 9.69 Å². The van der Waals surface area contributed by atoms with Gasteiger partial charge in [0.1, 0.15) is 6.29 Å². The molecule has 0 fully saturated rings. The molecule has 0 aliphatic heterocycles. The Labute approximate surface area is 114 Å². The number of carbonyl (C=O) groups excluding carboxylic acids is 1. The molecular formula is C16H33NO. The van der Waals surface area contributed by atoms with E-state index in [-0.39, 0.29) is 0 Å². The van der Waals surface area contributed by atoms with Gasteiger partial charge in [-0.2, -0.15) is 0 Å². The molecule has 0 atom stereocenters. The first-order valence-corrected chi connectivity index (χ1v) is 7.85. The van der Waals surface area contributed by atoms with Crippen molar-refractivity contribution in [2.45, 2.75) is 77.0 Å². The van der Waals surface area contributed by atoms with E-state index in [2.05, 4.69) is 19.0 Å². The van der Waals surface area contributed by atoms with Gasteiger partial charge in [0.2, 0.25) is 0 Å². The number of aldehydes is 1. The lowest BCUT2D eigenvalue weighted by molar-refractivity contribution is -0.107. The number of unbranched alkanes of at least 4 members (excludes halogenated alkanes) is 11. The van der Waals surface area contributed by atoms with E-state index in [1.165, 1.54) is 70.8 Å². The summed E-state index contributed by atoms with van der Waals surface area (Å²) in [5, 5.41) is 0. The molecule has 0 aliphatic rings. The maximum atomic E-state index is 10.1. The van der Waals surface area contributed by atoms with Gasteiger partial charge >= 0.3 is 0 Å². The lowest BCUT2D eigenvalue weighted by atomic mass is 10.1. The molecule has 0 bridgehead atoms. The Kier molecular flexibility index (Phi) is 14.4. The van der Waals surface area contributed by atoms with E-state index >= 15 is 0 Å². The second-order valence-corrected chi connectivity index (χ2v) is 5.65. The van der Waals surface area contributed by atoms with Crippen LogP contribution >= 0.6 is 0 Å². The van der Waals surface area contributed by atoms with Crippen LogP contribution in [0.4, 0.5) is 0 Å². The molecule has 0 radical (unpaired) electrons. The second kappa shape index (κ2) is 14.7. The Balaban J connectivity index is 2.92. The van der Waals surface area contributed by atoms with E-state index in [0.29, 0.717) is 0 Å². The highest BCUT2D eigenvalue weighted by Crippen LogP contribution is 2.11. The minimum atomic E-state index is 0.757. The first kappa shape index (κ1) is 17.6. The maximum Gasteiger partial charge on any atom is 0.119 e. The standard InChI is InChI=1S/C16H33NO/c1-17(2)15-13-11-9-7-5-3-4-6-8-10-12-14-16-18/h16H,3-15H2,1-2H3. The van der Waals surface area contributed by atoms with Crippen molar-refractivity contribution < 1.29 is 4.79 Å². The summed E-state index contributed by atoms with van der Waals surface area (Å²) in [5.74, 6) is 0. The summed E-state index contributed by atoms with van der Waals surface area (Å²) < 4.78 is 0. The highest BCUT2D eigenvalue weighted by atomic mass is 16.1. The quantitative estimate of drug-likeness (QED) is 0.338. The Morgan fingerprint density at radius 1 is 0.667 bits per heavy atom. The number of hydrogen-bond donors (Lipinski definition) is 0. The number of nitrogens with zero attached hydrogens (tertiary/aromatic N) is 1. The molecule has 0 N–H and O–H groups in total. The molecule has 18 heavy (non-hydrogen) atoms.